The first-order chi connectivity index (χ1) is 12.1. The highest BCUT2D eigenvalue weighted by atomic mass is 16.2. The van der Waals surface area contributed by atoms with Crippen molar-refractivity contribution in [3.8, 4) is 0 Å². The van der Waals surface area contributed by atoms with Crippen LogP contribution in [-0.4, -0.2) is 24.1 Å². The van der Waals surface area contributed by atoms with E-state index in [-0.39, 0.29) is 11.0 Å². The Morgan fingerprint density at radius 3 is 2.58 bits per heavy atom. The second-order valence-corrected chi connectivity index (χ2v) is 9.00. The molecule has 2 aliphatic rings. The fourth-order valence-electron chi connectivity index (χ4n) is 5.74. The van der Waals surface area contributed by atoms with E-state index in [1.165, 1.54) is 5.57 Å². The maximum absolute atomic E-state index is 11.6. The van der Waals surface area contributed by atoms with E-state index in [1.807, 2.05) is 0 Å². The van der Waals surface area contributed by atoms with E-state index < -0.39 is 12.1 Å². The summed E-state index contributed by atoms with van der Waals surface area (Å²) in [7, 11) is 0. The molecular formula is C20H36N4O2. The number of carbonyl (C=O) groups excluding carboxylic acids is 2. The molecule has 2 aliphatic carbocycles. The zero-order valence-electron chi connectivity index (χ0n) is 16.6. The lowest BCUT2D eigenvalue weighted by Gasteiger charge is -2.58. The molecule has 26 heavy (non-hydrogen) atoms. The summed E-state index contributed by atoms with van der Waals surface area (Å²) >= 11 is 0. The van der Waals surface area contributed by atoms with E-state index in [2.05, 4.69) is 38.0 Å². The van der Waals surface area contributed by atoms with Gasteiger partial charge in [0.1, 0.15) is 0 Å². The molecule has 5 atom stereocenters. The number of rotatable bonds is 6. The Bertz CT molecular complexity index is 564. The molecule has 6 nitrogen and oxygen atoms in total. The highest BCUT2D eigenvalue weighted by molar-refractivity contribution is 5.72. The van der Waals surface area contributed by atoms with Crippen molar-refractivity contribution in [1.29, 1.82) is 0 Å². The summed E-state index contributed by atoms with van der Waals surface area (Å²) in [4.78, 5) is 22.5. The summed E-state index contributed by atoms with van der Waals surface area (Å²) in [6, 6.07) is -0.893. The SMILES string of the molecule is C=C1CC[C@@H]2[C@](C)(CCC[C@]2(C)NC(N)=O)[C@H]1CC[C@H](C)CNC(N)=O. The van der Waals surface area contributed by atoms with E-state index in [0.29, 0.717) is 24.3 Å². The number of hydrogen-bond acceptors (Lipinski definition) is 2. The maximum Gasteiger partial charge on any atom is 0.312 e. The topological polar surface area (TPSA) is 110 Å². The molecule has 0 aromatic rings. The standard InChI is InChI=1S/C20H36N4O2/c1-13(12-23-17(21)25)6-8-15-14(2)7-9-16-19(15,3)10-5-11-20(16,4)24-18(22)26/h13,15-16H,2,5-12H2,1,3-4H3,(H3,21,23,25)(H3,22,24,26)/t13-,15-,16+,19+,20-/m0/s1. The van der Waals surface area contributed by atoms with Crippen molar-refractivity contribution >= 4 is 12.1 Å². The highest BCUT2D eigenvalue weighted by Gasteiger charge is 2.54. The molecule has 2 fully saturated rings. The summed E-state index contributed by atoms with van der Waals surface area (Å²) in [5.74, 6) is 1.22. The zero-order valence-corrected chi connectivity index (χ0v) is 16.6. The Morgan fingerprint density at radius 2 is 1.96 bits per heavy atom. The van der Waals surface area contributed by atoms with E-state index in [1.54, 1.807) is 0 Å². The van der Waals surface area contributed by atoms with Crippen LogP contribution in [0.3, 0.4) is 0 Å². The first-order valence-corrected chi connectivity index (χ1v) is 9.87. The predicted octanol–water partition coefficient (Wildman–Crippen LogP) is 3.27. The molecule has 0 unspecified atom stereocenters. The molecule has 2 rings (SSSR count). The Morgan fingerprint density at radius 1 is 1.27 bits per heavy atom. The van der Waals surface area contributed by atoms with Gasteiger partial charge in [-0.05, 0) is 68.6 Å². The van der Waals surface area contributed by atoms with Gasteiger partial charge in [-0.2, -0.15) is 0 Å². The number of nitrogens with two attached hydrogens (primary N) is 2. The summed E-state index contributed by atoms with van der Waals surface area (Å²) in [5, 5.41) is 5.76. The third-order valence-electron chi connectivity index (χ3n) is 7.00. The van der Waals surface area contributed by atoms with Gasteiger partial charge < -0.3 is 22.1 Å². The van der Waals surface area contributed by atoms with Crippen LogP contribution in [-0.2, 0) is 0 Å². The average Bonchev–Trinajstić information content (AvgIpc) is 2.50. The van der Waals surface area contributed by atoms with Gasteiger partial charge in [0, 0.05) is 12.1 Å². The summed E-state index contributed by atoms with van der Waals surface area (Å²) in [6.07, 6.45) is 7.37. The Labute approximate surface area is 157 Å². The smallest absolute Gasteiger partial charge is 0.312 e. The van der Waals surface area contributed by atoms with Crippen LogP contribution in [0.2, 0.25) is 0 Å². The molecule has 0 aromatic carbocycles. The second kappa shape index (κ2) is 7.89. The number of allylic oxidation sites excluding steroid dienone is 1. The Hall–Kier alpha value is -1.72. The van der Waals surface area contributed by atoms with E-state index in [4.69, 9.17) is 11.5 Å². The van der Waals surface area contributed by atoms with Crippen molar-refractivity contribution in [3.05, 3.63) is 12.2 Å². The van der Waals surface area contributed by atoms with Gasteiger partial charge in [0.05, 0.1) is 0 Å². The molecule has 0 aliphatic heterocycles. The van der Waals surface area contributed by atoms with Gasteiger partial charge in [0.15, 0.2) is 0 Å². The molecule has 0 saturated heterocycles. The van der Waals surface area contributed by atoms with Crippen LogP contribution in [0.4, 0.5) is 9.59 Å². The highest BCUT2D eigenvalue weighted by Crippen LogP contribution is 2.59. The molecule has 0 heterocycles. The summed E-state index contributed by atoms with van der Waals surface area (Å²) in [5.41, 5.74) is 11.9. The molecular weight excluding hydrogens is 328 g/mol. The van der Waals surface area contributed by atoms with Crippen molar-refractivity contribution < 1.29 is 9.59 Å². The molecule has 2 saturated carbocycles. The predicted molar refractivity (Wildman–Crippen MR) is 104 cm³/mol. The first-order valence-electron chi connectivity index (χ1n) is 9.87. The third kappa shape index (κ3) is 4.33. The van der Waals surface area contributed by atoms with Crippen LogP contribution < -0.4 is 22.1 Å². The lowest BCUT2D eigenvalue weighted by atomic mass is 9.49. The molecule has 0 aromatic heterocycles. The minimum atomic E-state index is -0.466. The van der Waals surface area contributed by atoms with Crippen molar-refractivity contribution in [2.24, 2.45) is 34.6 Å². The van der Waals surface area contributed by atoms with Crippen molar-refractivity contribution in [1.82, 2.24) is 10.6 Å². The molecule has 148 valence electrons. The number of amides is 4. The van der Waals surface area contributed by atoms with Gasteiger partial charge >= 0.3 is 12.1 Å². The summed E-state index contributed by atoms with van der Waals surface area (Å²) < 4.78 is 0. The largest absolute Gasteiger partial charge is 0.352 e. The van der Waals surface area contributed by atoms with Crippen LogP contribution in [0.25, 0.3) is 0 Å². The van der Waals surface area contributed by atoms with Crippen molar-refractivity contribution in [2.45, 2.75) is 71.3 Å². The monoisotopic (exact) mass is 364 g/mol. The van der Waals surface area contributed by atoms with E-state index in [0.717, 1.165) is 44.9 Å². The number of urea groups is 2. The van der Waals surface area contributed by atoms with Crippen LogP contribution in [0.1, 0.15) is 65.7 Å². The van der Waals surface area contributed by atoms with Crippen molar-refractivity contribution in [2.75, 3.05) is 6.54 Å². The van der Waals surface area contributed by atoms with Crippen LogP contribution in [0.15, 0.2) is 12.2 Å². The van der Waals surface area contributed by atoms with Gasteiger partial charge in [-0.15, -0.1) is 0 Å². The molecule has 0 spiro atoms. The third-order valence-corrected chi connectivity index (χ3v) is 7.00. The number of nitrogens with one attached hydrogen (secondary N) is 2. The van der Waals surface area contributed by atoms with Gasteiger partial charge in [-0.1, -0.05) is 32.4 Å². The lowest BCUT2D eigenvalue weighted by Crippen LogP contribution is -2.62. The fraction of sp³-hybridized carbons (Fsp3) is 0.800. The van der Waals surface area contributed by atoms with Crippen LogP contribution >= 0.6 is 0 Å². The maximum atomic E-state index is 11.6. The normalized spacial score (nSPS) is 35.3. The zero-order chi connectivity index (χ0) is 19.5. The molecule has 6 N–H and O–H groups in total. The molecule has 4 amide bonds. The molecule has 0 bridgehead atoms. The minimum absolute atomic E-state index is 0.127. The Balaban J connectivity index is 2.12. The number of primary amides is 2. The quantitative estimate of drug-likeness (QED) is 0.542. The van der Waals surface area contributed by atoms with Gasteiger partial charge in [-0.25, -0.2) is 9.59 Å². The minimum Gasteiger partial charge on any atom is -0.352 e. The van der Waals surface area contributed by atoms with Crippen molar-refractivity contribution in [3.63, 3.8) is 0 Å². The van der Waals surface area contributed by atoms with Gasteiger partial charge in [0.2, 0.25) is 0 Å². The van der Waals surface area contributed by atoms with E-state index in [9.17, 15) is 9.59 Å². The average molecular weight is 365 g/mol. The number of hydrogen-bond donors (Lipinski definition) is 4. The Kier molecular flexibility index (Phi) is 6.25. The van der Waals surface area contributed by atoms with Crippen LogP contribution in [0, 0.1) is 23.2 Å². The molecule has 6 heteroatoms. The molecule has 0 radical (unpaired) electrons. The lowest BCUT2D eigenvalue weighted by molar-refractivity contribution is -0.0322. The second-order valence-electron chi connectivity index (χ2n) is 9.00. The van der Waals surface area contributed by atoms with E-state index >= 15 is 0 Å². The summed E-state index contributed by atoms with van der Waals surface area (Å²) in [6.45, 7) is 11.7. The first kappa shape index (κ1) is 20.6. The van der Waals surface area contributed by atoms with Crippen LogP contribution in [0.5, 0.6) is 0 Å². The van der Waals surface area contributed by atoms with Gasteiger partial charge in [-0.3, -0.25) is 0 Å². The number of fused-ring (bicyclic) bond motifs is 1. The number of carbonyl (C=O) groups is 2. The van der Waals surface area contributed by atoms with Gasteiger partial charge in [0.25, 0.3) is 0 Å². The fourth-order valence-corrected chi connectivity index (χ4v) is 5.74.